The highest BCUT2D eigenvalue weighted by Crippen LogP contribution is 2.41. The van der Waals surface area contributed by atoms with Crippen LogP contribution in [0.25, 0.3) is 0 Å². The maximum Gasteiger partial charge on any atom is 0.228 e. The van der Waals surface area contributed by atoms with E-state index >= 15 is 0 Å². The molecule has 2 aromatic carbocycles. The van der Waals surface area contributed by atoms with E-state index in [-0.39, 0.29) is 23.7 Å². The maximum atomic E-state index is 12.6. The van der Waals surface area contributed by atoms with Crippen LogP contribution in [0.2, 0.25) is 0 Å². The van der Waals surface area contributed by atoms with Gasteiger partial charge in [0, 0.05) is 13.1 Å². The monoisotopic (exact) mass is 352 g/mol. The molecule has 0 spiro atoms. The third-order valence-corrected chi connectivity index (χ3v) is 4.64. The average molecular weight is 352 g/mol. The van der Waals surface area contributed by atoms with Gasteiger partial charge in [0.2, 0.25) is 11.8 Å². The maximum absolute atomic E-state index is 12.6. The van der Waals surface area contributed by atoms with Crippen molar-refractivity contribution in [3.8, 4) is 11.5 Å². The van der Waals surface area contributed by atoms with Gasteiger partial charge >= 0.3 is 0 Å². The van der Waals surface area contributed by atoms with E-state index in [9.17, 15) is 9.59 Å². The van der Waals surface area contributed by atoms with Crippen LogP contribution in [0, 0.1) is 11.8 Å². The Kier molecular flexibility index (Phi) is 5.56. The van der Waals surface area contributed by atoms with Gasteiger partial charge in [-0.3, -0.25) is 9.59 Å². The molecular weight excluding hydrogens is 328 g/mol. The Hall–Kier alpha value is -2.82. The normalized spacial score (nSPS) is 18.1. The first-order chi connectivity index (χ1) is 12.6. The van der Waals surface area contributed by atoms with Gasteiger partial charge in [-0.25, -0.2) is 0 Å². The number of carbonyl (C=O) groups is 2. The summed E-state index contributed by atoms with van der Waals surface area (Å²) in [6.07, 6.45) is 0.614. The van der Waals surface area contributed by atoms with Crippen molar-refractivity contribution in [1.82, 2.24) is 4.90 Å². The number of hydrogen-bond donors (Lipinski definition) is 1. The lowest BCUT2D eigenvalue weighted by Gasteiger charge is -2.18. The number of nitrogens with one attached hydrogen (secondary N) is 1. The zero-order chi connectivity index (χ0) is 18.5. The molecule has 0 aromatic heterocycles. The van der Waals surface area contributed by atoms with E-state index in [4.69, 9.17) is 4.74 Å². The van der Waals surface area contributed by atoms with Crippen LogP contribution in [0.15, 0.2) is 54.6 Å². The molecule has 0 radical (unpaired) electrons. The summed E-state index contributed by atoms with van der Waals surface area (Å²) in [4.78, 5) is 26.7. The molecule has 2 amide bonds. The highest BCUT2D eigenvalue weighted by Gasteiger charge is 2.49. The molecule has 3 rings (SSSR count). The van der Waals surface area contributed by atoms with E-state index in [1.807, 2.05) is 62.4 Å². The van der Waals surface area contributed by atoms with Gasteiger partial charge in [-0.15, -0.1) is 0 Å². The lowest BCUT2D eigenvalue weighted by atomic mass is 10.2. The van der Waals surface area contributed by atoms with Gasteiger partial charge in [-0.05, 0) is 44.5 Å². The number of para-hydroxylation sites is 3. The second kappa shape index (κ2) is 8.04. The number of hydrogen-bond acceptors (Lipinski definition) is 3. The minimum atomic E-state index is -0.257. The van der Waals surface area contributed by atoms with E-state index < -0.39 is 0 Å². The van der Waals surface area contributed by atoms with Crippen molar-refractivity contribution in [3.63, 3.8) is 0 Å². The molecule has 0 saturated heterocycles. The summed E-state index contributed by atoms with van der Waals surface area (Å²) >= 11 is 0. The topological polar surface area (TPSA) is 58.6 Å². The Labute approximate surface area is 154 Å². The van der Waals surface area contributed by atoms with Crippen LogP contribution in [-0.2, 0) is 9.59 Å². The standard InChI is InChI=1S/C21H24N2O3/c1-3-23(4-2)21(25)17-14-16(17)20(24)22-18-12-8-9-13-19(18)26-15-10-6-5-7-11-15/h5-13,16-17H,3-4,14H2,1-2H3,(H,22,24). The SMILES string of the molecule is CCN(CC)C(=O)C1CC1C(=O)Nc1ccccc1Oc1ccccc1. The number of anilines is 1. The fourth-order valence-electron chi connectivity index (χ4n) is 3.03. The molecule has 0 bridgehead atoms. The van der Waals surface area contributed by atoms with Crippen LogP contribution in [0.5, 0.6) is 11.5 Å². The summed E-state index contributed by atoms with van der Waals surface area (Å²) in [6, 6.07) is 16.7. The highest BCUT2D eigenvalue weighted by molar-refractivity contribution is 6.00. The summed E-state index contributed by atoms with van der Waals surface area (Å²) < 4.78 is 5.87. The summed E-state index contributed by atoms with van der Waals surface area (Å²) in [5.74, 6) is 0.781. The van der Waals surface area contributed by atoms with Crippen LogP contribution < -0.4 is 10.1 Å². The smallest absolute Gasteiger partial charge is 0.228 e. The average Bonchev–Trinajstić information content (AvgIpc) is 3.46. The Balaban J connectivity index is 1.65. The third-order valence-electron chi connectivity index (χ3n) is 4.64. The molecule has 1 aliphatic carbocycles. The molecule has 1 aliphatic rings. The third kappa shape index (κ3) is 4.04. The Morgan fingerprint density at radius 3 is 2.35 bits per heavy atom. The van der Waals surface area contributed by atoms with Gasteiger partial charge in [0.25, 0.3) is 0 Å². The molecule has 2 atom stereocenters. The van der Waals surface area contributed by atoms with Gasteiger partial charge in [-0.2, -0.15) is 0 Å². The van der Waals surface area contributed by atoms with Crippen LogP contribution in [0.3, 0.4) is 0 Å². The predicted octanol–water partition coefficient (Wildman–Crippen LogP) is 3.92. The fourth-order valence-corrected chi connectivity index (χ4v) is 3.03. The second-order valence-corrected chi connectivity index (χ2v) is 6.36. The Bertz CT molecular complexity index is 772. The zero-order valence-corrected chi connectivity index (χ0v) is 15.1. The molecule has 1 N–H and O–H groups in total. The van der Waals surface area contributed by atoms with Crippen molar-refractivity contribution in [2.24, 2.45) is 11.8 Å². The van der Waals surface area contributed by atoms with E-state index in [1.165, 1.54) is 0 Å². The number of carbonyl (C=O) groups excluding carboxylic acids is 2. The molecule has 1 fully saturated rings. The van der Waals surface area contributed by atoms with Crippen molar-refractivity contribution in [2.75, 3.05) is 18.4 Å². The quantitative estimate of drug-likeness (QED) is 0.821. The largest absolute Gasteiger partial charge is 0.455 e. The van der Waals surface area contributed by atoms with Gasteiger partial charge in [-0.1, -0.05) is 30.3 Å². The van der Waals surface area contributed by atoms with Crippen molar-refractivity contribution < 1.29 is 14.3 Å². The molecule has 0 heterocycles. The van der Waals surface area contributed by atoms with Crippen LogP contribution in [0.4, 0.5) is 5.69 Å². The number of ether oxygens (including phenoxy) is 1. The van der Waals surface area contributed by atoms with Crippen LogP contribution in [0.1, 0.15) is 20.3 Å². The van der Waals surface area contributed by atoms with E-state index in [2.05, 4.69) is 5.32 Å². The molecule has 136 valence electrons. The first-order valence-electron chi connectivity index (χ1n) is 9.05. The fraction of sp³-hybridized carbons (Fsp3) is 0.333. The molecule has 0 aliphatic heterocycles. The minimum absolute atomic E-state index is 0.0731. The molecule has 1 saturated carbocycles. The number of amides is 2. The van der Waals surface area contributed by atoms with E-state index in [1.54, 1.807) is 11.0 Å². The first kappa shape index (κ1) is 18.0. The van der Waals surface area contributed by atoms with Crippen LogP contribution in [-0.4, -0.2) is 29.8 Å². The minimum Gasteiger partial charge on any atom is -0.455 e. The molecule has 26 heavy (non-hydrogen) atoms. The predicted molar refractivity (Wildman–Crippen MR) is 101 cm³/mol. The molecule has 2 aromatic rings. The van der Waals surface area contributed by atoms with E-state index in [0.29, 0.717) is 36.7 Å². The van der Waals surface area contributed by atoms with Crippen molar-refractivity contribution in [1.29, 1.82) is 0 Å². The van der Waals surface area contributed by atoms with Crippen LogP contribution >= 0.6 is 0 Å². The summed E-state index contributed by atoms with van der Waals surface area (Å²) in [7, 11) is 0. The van der Waals surface area contributed by atoms with Gasteiger partial charge in [0.15, 0.2) is 5.75 Å². The highest BCUT2D eigenvalue weighted by atomic mass is 16.5. The van der Waals surface area contributed by atoms with E-state index in [0.717, 1.165) is 0 Å². The molecular formula is C21H24N2O3. The number of nitrogens with zero attached hydrogens (tertiary/aromatic N) is 1. The molecule has 2 unspecified atom stereocenters. The first-order valence-corrected chi connectivity index (χ1v) is 9.05. The summed E-state index contributed by atoms with van der Waals surface area (Å²) in [5, 5.41) is 2.92. The van der Waals surface area contributed by atoms with Crippen molar-refractivity contribution in [2.45, 2.75) is 20.3 Å². The second-order valence-electron chi connectivity index (χ2n) is 6.36. The number of benzene rings is 2. The van der Waals surface area contributed by atoms with Gasteiger partial charge < -0.3 is 15.0 Å². The molecule has 5 nitrogen and oxygen atoms in total. The lowest BCUT2D eigenvalue weighted by Crippen LogP contribution is -2.33. The lowest BCUT2D eigenvalue weighted by molar-refractivity contribution is -0.133. The Morgan fingerprint density at radius 2 is 1.65 bits per heavy atom. The number of rotatable bonds is 7. The van der Waals surface area contributed by atoms with Crippen molar-refractivity contribution in [3.05, 3.63) is 54.6 Å². The zero-order valence-electron chi connectivity index (χ0n) is 15.1. The summed E-state index contributed by atoms with van der Waals surface area (Å²) in [5.41, 5.74) is 0.613. The van der Waals surface area contributed by atoms with Gasteiger partial charge in [0.05, 0.1) is 17.5 Å². The Morgan fingerprint density at radius 1 is 1.00 bits per heavy atom. The molecule has 5 heteroatoms. The summed E-state index contributed by atoms with van der Waals surface area (Å²) in [6.45, 7) is 5.26. The van der Waals surface area contributed by atoms with Crippen molar-refractivity contribution >= 4 is 17.5 Å². The van der Waals surface area contributed by atoms with Gasteiger partial charge in [0.1, 0.15) is 5.75 Å².